The van der Waals surface area contributed by atoms with Gasteiger partial charge in [0.2, 0.25) is 0 Å². The maximum Gasteiger partial charge on any atom is 0.257 e. The number of hydrogen-bond donors (Lipinski definition) is 2. The van der Waals surface area contributed by atoms with Crippen molar-refractivity contribution in [3.8, 4) is 11.5 Å². The molecule has 1 aliphatic heterocycles. The molecule has 0 spiro atoms. The number of H-pyrrole nitrogens is 1. The third kappa shape index (κ3) is 4.22. The van der Waals surface area contributed by atoms with Crippen molar-refractivity contribution >= 4 is 11.0 Å². The molecule has 160 valence electrons. The van der Waals surface area contributed by atoms with Crippen LogP contribution in [0, 0.1) is 6.92 Å². The first-order valence-corrected chi connectivity index (χ1v) is 10.7. The summed E-state index contributed by atoms with van der Waals surface area (Å²) in [5.74, 6) is 2.03. The highest BCUT2D eigenvalue weighted by Gasteiger charge is 2.29. The normalized spacial score (nSPS) is 16.7. The maximum absolute atomic E-state index is 5.28. The Bertz CT molecular complexity index is 1210. The Labute approximate surface area is 181 Å². The van der Waals surface area contributed by atoms with Crippen LogP contribution in [0.2, 0.25) is 0 Å². The van der Waals surface area contributed by atoms with E-state index in [1.165, 1.54) is 5.56 Å². The lowest BCUT2D eigenvalue weighted by atomic mass is 9.99. The highest BCUT2D eigenvalue weighted by atomic mass is 16.5. The molecule has 0 saturated carbocycles. The van der Waals surface area contributed by atoms with Crippen LogP contribution in [-0.4, -0.2) is 55.2 Å². The van der Waals surface area contributed by atoms with Crippen LogP contribution < -0.4 is 5.32 Å². The predicted octanol–water partition coefficient (Wildman–Crippen LogP) is 3.09. The number of rotatable bonds is 5. The van der Waals surface area contributed by atoms with Crippen molar-refractivity contribution < 1.29 is 4.52 Å². The molecule has 8 nitrogen and oxygen atoms in total. The van der Waals surface area contributed by atoms with Crippen LogP contribution in [0.4, 0.5) is 0 Å². The van der Waals surface area contributed by atoms with E-state index in [0.29, 0.717) is 18.1 Å². The molecule has 0 amide bonds. The van der Waals surface area contributed by atoms with E-state index in [0.717, 1.165) is 54.3 Å². The Hall–Kier alpha value is -3.10. The number of pyridine rings is 1. The first kappa shape index (κ1) is 19.8. The van der Waals surface area contributed by atoms with Gasteiger partial charge in [-0.15, -0.1) is 0 Å². The van der Waals surface area contributed by atoms with Crippen molar-refractivity contribution in [2.45, 2.75) is 39.3 Å². The average Bonchev–Trinajstić information content (AvgIpc) is 3.34. The van der Waals surface area contributed by atoms with Crippen LogP contribution in [0.5, 0.6) is 0 Å². The Morgan fingerprint density at radius 2 is 2.06 bits per heavy atom. The number of imidazole rings is 1. The number of aromatic nitrogens is 5. The average molecular weight is 418 g/mol. The third-order valence-corrected chi connectivity index (χ3v) is 5.88. The molecule has 31 heavy (non-hydrogen) atoms. The molecule has 1 aromatic carbocycles. The van der Waals surface area contributed by atoms with E-state index in [-0.39, 0.29) is 5.54 Å². The molecule has 0 radical (unpaired) electrons. The molecule has 1 fully saturated rings. The van der Waals surface area contributed by atoms with Gasteiger partial charge >= 0.3 is 0 Å². The zero-order valence-corrected chi connectivity index (χ0v) is 18.1. The second kappa shape index (κ2) is 7.86. The van der Waals surface area contributed by atoms with Crippen LogP contribution in [0.15, 0.2) is 41.1 Å². The summed E-state index contributed by atoms with van der Waals surface area (Å²) in [7, 11) is 0. The van der Waals surface area contributed by atoms with Gasteiger partial charge in [-0.1, -0.05) is 5.16 Å². The Kier molecular flexibility index (Phi) is 5.03. The van der Waals surface area contributed by atoms with Gasteiger partial charge in [0.05, 0.1) is 11.0 Å². The third-order valence-electron chi connectivity index (χ3n) is 5.88. The lowest BCUT2D eigenvalue weighted by molar-refractivity contribution is 0.0827. The van der Waals surface area contributed by atoms with Gasteiger partial charge in [-0.3, -0.25) is 9.88 Å². The van der Waals surface area contributed by atoms with Crippen LogP contribution >= 0.6 is 0 Å². The largest absolute Gasteiger partial charge is 0.342 e. The lowest BCUT2D eigenvalue weighted by Gasteiger charge is -2.42. The number of hydrogen-bond acceptors (Lipinski definition) is 7. The molecule has 2 N–H and O–H groups in total. The van der Waals surface area contributed by atoms with Crippen LogP contribution in [0.25, 0.3) is 22.5 Å². The molecule has 1 saturated heterocycles. The summed E-state index contributed by atoms with van der Waals surface area (Å²) in [5, 5.41) is 7.35. The molecule has 8 heteroatoms. The predicted molar refractivity (Wildman–Crippen MR) is 119 cm³/mol. The first-order chi connectivity index (χ1) is 15.0. The number of fused-ring (bicyclic) bond motifs is 1. The van der Waals surface area contributed by atoms with E-state index in [1.54, 1.807) is 0 Å². The number of aromatic amines is 1. The Balaban J connectivity index is 1.34. The molecule has 0 aliphatic carbocycles. The number of benzene rings is 1. The van der Waals surface area contributed by atoms with E-state index in [9.17, 15) is 0 Å². The van der Waals surface area contributed by atoms with Crippen LogP contribution in [0.1, 0.15) is 36.8 Å². The minimum Gasteiger partial charge on any atom is -0.342 e. The molecular weight excluding hydrogens is 390 g/mol. The quantitative estimate of drug-likeness (QED) is 0.515. The van der Waals surface area contributed by atoms with Gasteiger partial charge in [-0.05, 0) is 56.7 Å². The van der Waals surface area contributed by atoms with Gasteiger partial charge in [0.1, 0.15) is 5.82 Å². The fourth-order valence-corrected chi connectivity index (χ4v) is 4.12. The lowest BCUT2D eigenvalue weighted by Crippen LogP contribution is -2.57. The van der Waals surface area contributed by atoms with E-state index in [2.05, 4.69) is 56.3 Å². The van der Waals surface area contributed by atoms with Crippen LogP contribution in [-0.2, 0) is 13.0 Å². The number of aryl methyl sites for hydroxylation is 1. The molecule has 1 aliphatic rings. The summed E-state index contributed by atoms with van der Waals surface area (Å²) < 4.78 is 5.28. The SMILES string of the molecule is Cc1noc(-c2ccc3nc(Cc4cc(CN5CCNCC5(C)C)ccn4)[nH]c3c2)n1. The summed E-state index contributed by atoms with van der Waals surface area (Å²) in [4.78, 5) is 19.6. The summed E-state index contributed by atoms with van der Waals surface area (Å²) in [6, 6.07) is 10.2. The highest BCUT2D eigenvalue weighted by molar-refractivity contribution is 5.80. The van der Waals surface area contributed by atoms with Crippen molar-refractivity contribution in [2.24, 2.45) is 0 Å². The molecule has 0 unspecified atom stereocenters. The van der Waals surface area contributed by atoms with E-state index >= 15 is 0 Å². The standard InChI is InChI=1S/C23H27N7O/c1-15-26-22(31-29-15)17-4-5-19-20(11-17)28-21(27-19)12-18-10-16(6-7-25-18)13-30-9-8-24-14-23(30,2)3/h4-7,10-11,24H,8-9,12-14H2,1-3H3,(H,27,28). The number of nitrogens with zero attached hydrogens (tertiary/aromatic N) is 5. The molecule has 5 rings (SSSR count). The molecule has 4 aromatic rings. The fourth-order valence-electron chi connectivity index (χ4n) is 4.12. The minimum absolute atomic E-state index is 0.148. The van der Waals surface area contributed by atoms with E-state index in [4.69, 9.17) is 9.51 Å². The maximum atomic E-state index is 5.28. The number of nitrogens with one attached hydrogen (secondary N) is 2. The highest BCUT2D eigenvalue weighted by Crippen LogP contribution is 2.23. The molecule has 3 aromatic heterocycles. The molecule has 4 heterocycles. The van der Waals surface area contributed by atoms with E-state index < -0.39 is 0 Å². The van der Waals surface area contributed by atoms with Crippen molar-refractivity contribution in [3.05, 3.63) is 59.4 Å². The molecule has 0 atom stereocenters. The summed E-state index contributed by atoms with van der Waals surface area (Å²) in [6.07, 6.45) is 2.56. The Morgan fingerprint density at radius 3 is 2.87 bits per heavy atom. The van der Waals surface area contributed by atoms with Gasteiger partial charge in [0, 0.05) is 55.6 Å². The molecular formula is C23H27N7O. The second-order valence-corrected chi connectivity index (χ2v) is 8.81. The molecule has 0 bridgehead atoms. The van der Waals surface area contributed by atoms with Gasteiger partial charge in [0.15, 0.2) is 5.82 Å². The zero-order valence-electron chi connectivity index (χ0n) is 18.1. The summed E-state index contributed by atoms with van der Waals surface area (Å²) in [6.45, 7) is 10.4. The smallest absolute Gasteiger partial charge is 0.257 e. The Morgan fingerprint density at radius 1 is 1.16 bits per heavy atom. The summed E-state index contributed by atoms with van der Waals surface area (Å²) >= 11 is 0. The van der Waals surface area contributed by atoms with Gasteiger partial charge in [-0.25, -0.2) is 4.98 Å². The van der Waals surface area contributed by atoms with Crippen molar-refractivity contribution in [1.29, 1.82) is 0 Å². The van der Waals surface area contributed by atoms with Gasteiger partial charge < -0.3 is 14.8 Å². The second-order valence-electron chi connectivity index (χ2n) is 8.81. The first-order valence-electron chi connectivity index (χ1n) is 10.7. The van der Waals surface area contributed by atoms with Crippen LogP contribution in [0.3, 0.4) is 0 Å². The minimum atomic E-state index is 0.148. The van der Waals surface area contributed by atoms with Crippen molar-refractivity contribution in [1.82, 2.24) is 35.3 Å². The van der Waals surface area contributed by atoms with Gasteiger partial charge in [-0.2, -0.15) is 4.98 Å². The summed E-state index contributed by atoms with van der Waals surface area (Å²) in [5.41, 5.74) is 5.18. The van der Waals surface area contributed by atoms with E-state index in [1.807, 2.05) is 31.3 Å². The van der Waals surface area contributed by atoms with Gasteiger partial charge in [0.25, 0.3) is 5.89 Å². The topological polar surface area (TPSA) is 95.8 Å². The zero-order chi connectivity index (χ0) is 21.4. The number of piperazine rings is 1. The monoisotopic (exact) mass is 417 g/mol. The van der Waals surface area contributed by atoms with Crippen molar-refractivity contribution in [3.63, 3.8) is 0 Å². The fraction of sp³-hybridized carbons (Fsp3) is 0.391. The van der Waals surface area contributed by atoms with Crippen molar-refractivity contribution in [2.75, 3.05) is 19.6 Å².